The lowest BCUT2D eigenvalue weighted by atomic mass is 9.93. The van der Waals surface area contributed by atoms with E-state index in [4.69, 9.17) is 4.74 Å². The van der Waals surface area contributed by atoms with Gasteiger partial charge in [-0.15, -0.1) is 0 Å². The second-order valence-corrected chi connectivity index (χ2v) is 6.84. The number of rotatable bonds is 2. The van der Waals surface area contributed by atoms with Crippen molar-refractivity contribution in [3.63, 3.8) is 0 Å². The molecule has 2 heterocycles. The van der Waals surface area contributed by atoms with E-state index in [0.29, 0.717) is 16.7 Å². The van der Waals surface area contributed by atoms with Crippen LogP contribution in [0.4, 0.5) is 0 Å². The van der Waals surface area contributed by atoms with Gasteiger partial charge in [-0.3, -0.25) is 4.79 Å². The van der Waals surface area contributed by atoms with Gasteiger partial charge >= 0.3 is 0 Å². The predicted molar refractivity (Wildman–Crippen MR) is 71.2 cm³/mol. The molecule has 2 aliphatic heterocycles. The van der Waals surface area contributed by atoms with Crippen molar-refractivity contribution in [2.45, 2.75) is 44.0 Å². The van der Waals surface area contributed by atoms with Gasteiger partial charge in [-0.1, -0.05) is 29.8 Å². The third-order valence-corrected chi connectivity index (χ3v) is 4.88. The van der Waals surface area contributed by atoms with Gasteiger partial charge in [0.1, 0.15) is 6.10 Å². The zero-order valence-corrected chi connectivity index (χ0v) is 12.3. The molecule has 0 aromatic rings. The number of ether oxygens (including phenoxy) is 1. The second-order valence-electron chi connectivity index (χ2n) is 5.40. The van der Waals surface area contributed by atoms with E-state index in [1.807, 2.05) is 4.90 Å². The van der Waals surface area contributed by atoms with Crippen LogP contribution in [0, 0.1) is 11.8 Å². The Morgan fingerprint density at radius 2 is 2.00 bits per heavy atom. The first-order valence-corrected chi connectivity index (χ1v) is 7.55. The van der Waals surface area contributed by atoms with Crippen molar-refractivity contribution in [1.29, 1.82) is 0 Å². The number of piperidine rings is 1. The summed E-state index contributed by atoms with van der Waals surface area (Å²) < 4.78 is 5.55. The zero-order chi connectivity index (χ0) is 12.4. The smallest absolute Gasteiger partial charge is 0.251 e. The van der Waals surface area contributed by atoms with Crippen molar-refractivity contribution < 1.29 is 9.53 Å². The molecule has 0 saturated carbocycles. The fourth-order valence-electron chi connectivity index (χ4n) is 2.77. The summed E-state index contributed by atoms with van der Waals surface area (Å²) in [7, 11) is 0. The molecule has 0 radical (unpaired) electrons. The highest BCUT2D eigenvalue weighted by molar-refractivity contribution is 9.09. The maximum Gasteiger partial charge on any atom is 0.251 e. The van der Waals surface area contributed by atoms with Gasteiger partial charge in [0.05, 0.1) is 0 Å². The molecule has 2 fully saturated rings. The molecular weight excluding hydrogens is 282 g/mol. The maximum atomic E-state index is 12.3. The Morgan fingerprint density at radius 3 is 2.47 bits per heavy atom. The van der Waals surface area contributed by atoms with E-state index in [9.17, 15) is 4.79 Å². The lowest BCUT2D eigenvalue weighted by Crippen LogP contribution is -2.46. The fraction of sp³-hybridized carbons (Fsp3) is 0.923. The average Bonchev–Trinajstić information content (AvgIpc) is 2.74. The highest BCUT2D eigenvalue weighted by Crippen LogP contribution is 2.27. The van der Waals surface area contributed by atoms with E-state index in [0.717, 1.165) is 39.0 Å². The lowest BCUT2D eigenvalue weighted by molar-refractivity contribution is -0.143. The standard InChI is InChI=1S/C13H22BrNO2/c1-9-5-8-17-12(9)13(16)15-6-3-11(4-7-15)10(2)14/h9-12H,3-8H2,1-2H3. The van der Waals surface area contributed by atoms with Gasteiger partial charge < -0.3 is 9.64 Å². The van der Waals surface area contributed by atoms with Crippen LogP contribution in [-0.4, -0.2) is 41.4 Å². The van der Waals surface area contributed by atoms with Crippen molar-refractivity contribution in [3.05, 3.63) is 0 Å². The number of carbonyl (C=O) groups excluding carboxylic acids is 1. The first-order valence-electron chi connectivity index (χ1n) is 6.64. The van der Waals surface area contributed by atoms with E-state index in [-0.39, 0.29) is 12.0 Å². The summed E-state index contributed by atoms with van der Waals surface area (Å²) in [5, 5.41) is 0. The van der Waals surface area contributed by atoms with Crippen molar-refractivity contribution >= 4 is 21.8 Å². The Balaban J connectivity index is 1.86. The minimum Gasteiger partial charge on any atom is -0.368 e. The number of hydrogen-bond acceptors (Lipinski definition) is 2. The van der Waals surface area contributed by atoms with Gasteiger partial charge in [-0.05, 0) is 31.1 Å². The second kappa shape index (κ2) is 5.70. The van der Waals surface area contributed by atoms with E-state index in [1.165, 1.54) is 0 Å². The summed E-state index contributed by atoms with van der Waals surface area (Å²) in [5.74, 6) is 1.31. The van der Waals surface area contributed by atoms with Crippen molar-refractivity contribution in [3.8, 4) is 0 Å². The normalized spacial score (nSPS) is 32.8. The highest BCUT2D eigenvalue weighted by Gasteiger charge is 2.35. The lowest BCUT2D eigenvalue weighted by Gasteiger charge is -2.35. The molecule has 2 saturated heterocycles. The molecule has 0 aromatic carbocycles. The molecule has 2 rings (SSSR count). The topological polar surface area (TPSA) is 29.5 Å². The summed E-state index contributed by atoms with van der Waals surface area (Å²) in [4.78, 5) is 14.8. The molecule has 0 N–H and O–H groups in total. The number of alkyl halides is 1. The van der Waals surface area contributed by atoms with Crippen LogP contribution >= 0.6 is 15.9 Å². The number of nitrogens with zero attached hydrogens (tertiary/aromatic N) is 1. The Labute approximate surface area is 112 Å². The van der Waals surface area contributed by atoms with Gasteiger partial charge in [0.25, 0.3) is 5.91 Å². The Bertz CT molecular complexity index is 275. The molecule has 98 valence electrons. The first-order chi connectivity index (χ1) is 8.09. The van der Waals surface area contributed by atoms with Crippen LogP contribution in [0.1, 0.15) is 33.1 Å². The van der Waals surface area contributed by atoms with Crippen molar-refractivity contribution in [2.75, 3.05) is 19.7 Å². The zero-order valence-electron chi connectivity index (χ0n) is 10.7. The van der Waals surface area contributed by atoms with Crippen LogP contribution < -0.4 is 0 Å². The number of carbonyl (C=O) groups is 1. The fourth-order valence-corrected chi connectivity index (χ4v) is 3.30. The summed E-state index contributed by atoms with van der Waals surface area (Å²) in [5.41, 5.74) is 0. The van der Waals surface area contributed by atoms with E-state index >= 15 is 0 Å². The maximum absolute atomic E-state index is 12.3. The number of halogens is 1. The molecule has 17 heavy (non-hydrogen) atoms. The molecule has 4 heteroatoms. The molecule has 3 atom stereocenters. The summed E-state index contributed by atoms with van der Waals surface area (Å²) in [6.45, 7) is 6.84. The third-order valence-electron chi connectivity index (χ3n) is 4.13. The number of likely N-dealkylation sites (tertiary alicyclic amines) is 1. The van der Waals surface area contributed by atoms with Crippen LogP contribution in [0.25, 0.3) is 0 Å². The molecule has 0 spiro atoms. The molecule has 3 unspecified atom stereocenters. The Kier molecular flexibility index (Phi) is 4.47. The van der Waals surface area contributed by atoms with E-state index < -0.39 is 0 Å². The minimum atomic E-state index is -0.173. The quantitative estimate of drug-likeness (QED) is 0.733. The van der Waals surface area contributed by atoms with Crippen LogP contribution in [-0.2, 0) is 9.53 Å². The molecule has 3 nitrogen and oxygen atoms in total. The van der Waals surface area contributed by atoms with Crippen molar-refractivity contribution in [2.24, 2.45) is 11.8 Å². The van der Waals surface area contributed by atoms with Gasteiger partial charge in [0, 0.05) is 24.5 Å². The van der Waals surface area contributed by atoms with Gasteiger partial charge in [0.15, 0.2) is 0 Å². The largest absolute Gasteiger partial charge is 0.368 e. The average molecular weight is 304 g/mol. The monoisotopic (exact) mass is 303 g/mol. The van der Waals surface area contributed by atoms with Crippen LogP contribution in [0.5, 0.6) is 0 Å². The highest BCUT2D eigenvalue weighted by atomic mass is 79.9. The molecule has 0 aromatic heterocycles. The third kappa shape index (κ3) is 3.02. The predicted octanol–water partition coefficient (Wildman–Crippen LogP) is 2.43. The molecule has 0 aliphatic carbocycles. The summed E-state index contributed by atoms with van der Waals surface area (Å²) in [6.07, 6.45) is 3.07. The van der Waals surface area contributed by atoms with Crippen LogP contribution in [0.3, 0.4) is 0 Å². The molecule has 0 bridgehead atoms. The summed E-state index contributed by atoms with van der Waals surface area (Å²) >= 11 is 3.64. The summed E-state index contributed by atoms with van der Waals surface area (Å²) in [6, 6.07) is 0. The van der Waals surface area contributed by atoms with Gasteiger partial charge in [-0.25, -0.2) is 0 Å². The van der Waals surface area contributed by atoms with Gasteiger partial charge in [-0.2, -0.15) is 0 Å². The van der Waals surface area contributed by atoms with Crippen molar-refractivity contribution in [1.82, 2.24) is 4.90 Å². The van der Waals surface area contributed by atoms with Crippen LogP contribution in [0.15, 0.2) is 0 Å². The SMILES string of the molecule is CC(Br)C1CCN(C(=O)C2OCCC2C)CC1. The first kappa shape index (κ1) is 13.3. The molecule has 2 aliphatic rings. The molecule has 1 amide bonds. The Morgan fingerprint density at radius 1 is 1.35 bits per heavy atom. The number of amides is 1. The molecular formula is C13H22BrNO2. The van der Waals surface area contributed by atoms with E-state index in [2.05, 4.69) is 29.8 Å². The van der Waals surface area contributed by atoms with Crippen LogP contribution in [0.2, 0.25) is 0 Å². The van der Waals surface area contributed by atoms with E-state index in [1.54, 1.807) is 0 Å². The van der Waals surface area contributed by atoms with Gasteiger partial charge in [0.2, 0.25) is 0 Å². The minimum absolute atomic E-state index is 0.173. The Hall–Kier alpha value is -0.0900. The number of hydrogen-bond donors (Lipinski definition) is 0.